The van der Waals surface area contributed by atoms with Crippen LogP contribution in [0.25, 0.3) is 0 Å². The maximum atomic E-state index is 13.4. The van der Waals surface area contributed by atoms with Crippen molar-refractivity contribution in [3.63, 3.8) is 0 Å². The minimum absolute atomic E-state index is 0.141. The molecule has 0 saturated carbocycles. The Labute approximate surface area is 384 Å². The lowest BCUT2D eigenvalue weighted by molar-refractivity contribution is 0.0910. The molecule has 6 aromatic rings. The Balaban J connectivity index is 0.00000112. The molecular formula is C54H63N5O6. The number of nitrogens with one attached hydrogen (secondary N) is 1. The highest BCUT2D eigenvalue weighted by atomic mass is 16.2. The third kappa shape index (κ3) is 12.9. The summed E-state index contributed by atoms with van der Waals surface area (Å²) in [6.45, 7) is 16.0. The van der Waals surface area contributed by atoms with Crippen LogP contribution in [0.4, 0.5) is 17.1 Å². The monoisotopic (exact) mass is 877 g/mol. The van der Waals surface area contributed by atoms with Crippen LogP contribution in [0.1, 0.15) is 134 Å². The van der Waals surface area contributed by atoms with Gasteiger partial charge in [0.05, 0.1) is 33.6 Å². The first-order chi connectivity index (χ1) is 31.7. The van der Waals surface area contributed by atoms with Crippen molar-refractivity contribution in [2.45, 2.75) is 68.2 Å². The van der Waals surface area contributed by atoms with Crippen molar-refractivity contribution in [3.05, 3.63) is 196 Å². The molecule has 2 aliphatic rings. The molecule has 8 rings (SSSR count). The number of carbonyl (C=O) groups excluding carboxylic acids is 6. The van der Waals surface area contributed by atoms with E-state index in [1.807, 2.05) is 116 Å². The zero-order chi connectivity index (χ0) is 48.6. The van der Waals surface area contributed by atoms with E-state index in [1.54, 1.807) is 54.6 Å². The van der Waals surface area contributed by atoms with Gasteiger partial charge in [-0.2, -0.15) is 0 Å². The predicted octanol–water partition coefficient (Wildman–Crippen LogP) is 10.8. The number of Topliss-reactive ketones (excluding diaryl/α,β-unsaturated/α-hetero) is 1. The molecule has 0 aromatic heterocycles. The number of amides is 5. The number of benzene rings is 6. The Kier molecular flexibility index (Phi) is 22.9. The van der Waals surface area contributed by atoms with Crippen molar-refractivity contribution in [2.24, 2.45) is 11.5 Å². The van der Waals surface area contributed by atoms with Crippen molar-refractivity contribution in [2.75, 3.05) is 29.2 Å². The number of hydrogen-bond donors (Lipinski definition) is 3. The number of nitrogens with two attached hydrogens (primary N) is 2. The van der Waals surface area contributed by atoms with Crippen LogP contribution in [-0.2, 0) is 12.8 Å². The number of rotatable bonds is 9. The predicted molar refractivity (Wildman–Crippen MR) is 265 cm³/mol. The zero-order valence-electron chi connectivity index (χ0n) is 39.3. The van der Waals surface area contributed by atoms with Gasteiger partial charge in [-0.05, 0) is 104 Å². The normalized spacial score (nSPS) is 11.4. The topological polar surface area (TPSA) is 173 Å². The molecule has 5 amide bonds. The third-order valence-corrected chi connectivity index (χ3v) is 9.39. The van der Waals surface area contributed by atoms with E-state index in [4.69, 9.17) is 0 Å². The fourth-order valence-electron chi connectivity index (χ4n) is 6.63. The smallest absolute Gasteiger partial charge is 0.266 e. The lowest BCUT2D eigenvalue weighted by atomic mass is 9.99. The highest BCUT2D eigenvalue weighted by Gasteiger charge is 2.38. The second-order valence-electron chi connectivity index (χ2n) is 12.8. The van der Waals surface area contributed by atoms with E-state index in [9.17, 15) is 28.8 Å². The van der Waals surface area contributed by atoms with Crippen LogP contribution in [0.15, 0.2) is 146 Å². The van der Waals surface area contributed by atoms with Crippen LogP contribution in [0.2, 0.25) is 0 Å². The summed E-state index contributed by atoms with van der Waals surface area (Å²) >= 11 is 0. The Morgan fingerprint density at radius 3 is 1.23 bits per heavy atom. The average molecular weight is 878 g/mol. The highest BCUT2D eigenvalue weighted by molar-refractivity contribution is 6.35. The van der Waals surface area contributed by atoms with E-state index in [0.717, 1.165) is 26.5 Å². The SMILES string of the molecule is CC.CC.CC.CC.CN.CN.O=C(Cc1ccccc1)c1ccc2c(c1)C(=O)N(c1ccc(Cc3ccc(N4C(=O)c5ccc(C(=O)Nc6ccccc6)cc5C4=O)cc3)cc1)C2=O. The van der Waals surface area contributed by atoms with Crippen molar-refractivity contribution in [1.29, 1.82) is 0 Å². The zero-order valence-corrected chi connectivity index (χ0v) is 39.3. The molecule has 11 heteroatoms. The Hall–Kier alpha value is -7.34. The molecule has 5 N–H and O–H groups in total. The van der Waals surface area contributed by atoms with Crippen molar-refractivity contribution >= 4 is 52.4 Å². The molecule has 11 nitrogen and oxygen atoms in total. The summed E-state index contributed by atoms with van der Waals surface area (Å²) in [5.74, 6) is -2.44. The second kappa shape index (κ2) is 27.7. The summed E-state index contributed by atoms with van der Waals surface area (Å²) in [6.07, 6.45) is 0.702. The maximum Gasteiger partial charge on any atom is 0.266 e. The van der Waals surface area contributed by atoms with Crippen LogP contribution in [0.3, 0.4) is 0 Å². The number of fused-ring (bicyclic) bond motifs is 2. The molecule has 2 heterocycles. The Morgan fingerprint density at radius 1 is 0.431 bits per heavy atom. The van der Waals surface area contributed by atoms with E-state index >= 15 is 0 Å². The quantitative estimate of drug-likeness (QED) is 0.0950. The largest absolute Gasteiger partial charge is 0.333 e. The number of carbonyl (C=O) groups is 6. The van der Waals surface area contributed by atoms with Crippen molar-refractivity contribution in [1.82, 2.24) is 0 Å². The molecule has 0 unspecified atom stereocenters. The van der Waals surface area contributed by atoms with Crippen LogP contribution in [0.5, 0.6) is 0 Å². The first-order valence-corrected chi connectivity index (χ1v) is 22.1. The first kappa shape index (κ1) is 53.8. The summed E-state index contributed by atoms with van der Waals surface area (Å²) < 4.78 is 0. The first-order valence-electron chi connectivity index (χ1n) is 22.1. The minimum Gasteiger partial charge on any atom is -0.333 e. The summed E-state index contributed by atoms with van der Waals surface area (Å²) in [7, 11) is 3.00. The number of hydrogen-bond acceptors (Lipinski definition) is 8. The lowest BCUT2D eigenvalue weighted by Crippen LogP contribution is -2.29. The molecule has 0 fully saturated rings. The average Bonchev–Trinajstić information content (AvgIpc) is 3.78. The lowest BCUT2D eigenvalue weighted by Gasteiger charge is -2.15. The fraction of sp³-hybridized carbons (Fsp3) is 0.222. The molecular weight excluding hydrogens is 815 g/mol. The summed E-state index contributed by atoms with van der Waals surface area (Å²) in [6, 6.07) is 41.5. The Bertz CT molecular complexity index is 2310. The molecule has 0 saturated heterocycles. The van der Waals surface area contributed by atoms with Gasteiger partial charge in [-0.3, -0.25) is 28.8 Å². The molecule has 0 radical (unpaired) electrons. The number of para-hydroxylation sites is 1. The van der Waals surface area contributed by atoms with Gasteiger partial charge in [0.2, 0.25) is 0 Å². The third-order valence-electron chi connectivity index (χ3n) is 9.39. The Morgan fingerprint density at radius 2 is 0.800 bits per heavy atom. The molecule has 65 heavy (non-hydrogen) atoms. The van der Waals surface area contributed by atoms with Gasteiger partial charge < -0.3 is 16.8 Å². The molecule has 0 atom stereocenters. The number of nitrogens with zero attached hydrogens (tertiary/aromatic N) is 2. The fourth-order valence-corrected chi connectivity index (χ4v) is 6.63. The van der Waals surface area contributed by atoms with Gasteiger partial charge in [-0.1, -0.05) is 134 Å². The minimum atomic E-state index is -0.508. The van der Waals surface area contributed by atoms with Crippen molar-refractivity contribution in [3.8, 4) is 0 Å². The van der Waals surface area contributed by atoms with Gasteiger partial charge in [0.15, 0.2) is 5.78 Å². The maximum absolute atomic E-state index is 13.4. The molecule has 0 bridgehead atoms. The summed E-state index contributed by atoms with van der Waals surface area (Å²) in [4.78, 5) is 81.3. The van der Waals surface area contributed by atoms with E-state index in [-0.39, 0.29) is 45.9 Å². The van der Waals surface area contributed by atoms with Crippen LogP contribution in [0, 0.1) is 0 Å². The van der Waals surface area contributed by atoms with Crippen molar-refractivity contribution < 1.29 is 28.8 Å². The van der Waals surface area contributed by atoms with E-state index in [2.05, 4.69) is 16.8 Å². The molecule has 340 valence electrons. The standard InChI is InChI=1S/C44H29N3O6.4C2H6.2CH5N/c48-39(24-27-7-3-1-4-8-27)30-15-21-35-37(25-30)43(52)46(41(35)50)33-17-11-28(12-18-33)23-29-13-19-34(20-14-29)47-42(51)36-22-16-31(26-38(36)44(47)53)40(49)45-32-9-5-2-6-10-32;6*1-2/h1-22,25-26H,23-24H2,(H,45,49);4*1-2H3;2*2H2,1H3. The number of anilines is 3. The van der Waals surface area contributed by atoms with E-state index in [1.165, 1.54) is 44.4 Å². The number of ketones is 1. The van der Waals surface area contributed by atoms with Crippen LogP contribution in [-0.4, -0.2) is 49.4 Å². The molecule has 2 aliphatic heterocycles. The van der Waals surface area contributed by atoms with Gasteiger partial charge in [0.25, 0.3) is 29.5 Å². The molecule has 0 spiro atoms. The summed E-state index contributed by atoms with van der Waals surface area (Å²) in [5.41, 5.74) is 14.6. The van der Waals surface area contributed by atoms with Gasteiger partial charge in [-0.25, -0.2) is 9.80 Å². The van der Waals surface area contributed by atoms with E-state index < -0.39 is 23.6 Å². The van der Waals surface area contributed by atoms with Gasteiger partial charge in [0.1, 0.15) is 0 Å². The van der Waals surface area contributed by atoms with Gasteiger partial charge >= 0.3 is 0 Å². The van der Waals surface area contributed by atoms with E-state index in [0.29, 0.717) is 29.0 Å². The van der Waals surface area contributed by atoms with Gasteiger partial charge in [0, 0.05) is 23.2 Å². The molecule has 0 aliphatic carbocycles. The van der Waals surface area contributed by atoms with Crippen LogP contribution >= 0.6 is 0 Å². The summed E-state index contributed by atoms with van der Waals surface area (Å²) in [5, 5.41) is 2.79. The number of imide groups is 2. The second-order valence-corrected chi connectivity index (χ2v) is 12.8. The van der Waals surface area contributed by atoms with Crippen LogP contribution < -0.4 is 26.6 Å². The molecule has 6 aromatic carbocycles. The van der Waals surface area contributed by atoms with Gasteiger partial charge in [-0.15, -0.1) is 0 Å². The highest BCUT2D eigenvalue weighted by Crippen LogP contribution is 2.32.